The first-order chi connectivity index (χ1) is 1.73. The van der Waals surface area contributed by atoms with E-state index >= 15 is 0 Å². The molecule has 0 aliphatic rings. The molecule has 2 nitrogen and oxygen atoms in total. The fraction of sp³-hybridized carbons (Fsp3) is 0. The first-order valence-electron chi connectivity index (χ1n) is 0.632. The Hall–Kier alpha value is 0.260. The van der Waals surface area contributed by atoms with Gasteiger partial charge >= 0.3 is 36.2 Å². The Morgan fingerprint density at radius 3 is 2.00 bits per heavy atom. The molecule has 1 N–H and O–H groups in total. The van der Waals surface area contributed by atoms with Crippen LogP contribution in [0.25, 0.3) is 0 Å². The molecule has 0 aliphatic carbocycles. The molecular weight excluding hydrogens is 172 g/mol. The summed E-state index contributed by atoms with van der Waals surface area (Å²) in [5.74, 6) is 0. The van der Waals surface area contributed by atoms with Crippen molar-refractivity contribution in [2.45, 2.75) is 0 Å². The molecule has 0 aliphatic heterocycles. The number of hydrogen-bond acceptors (Lipinski definition) is 1. The van der Waals surface area contributed by atoms with Crippen molar-refractivity contribution in [3.63, 3.8) is 0 Å². The van der Waals surface area contributed by atoms with Crippen LogP contribution in [0.2, 0.25) is 0 Å². The predicted octanol–water partition coefficient (Wildman–Crippen LogP) is -0.167. The van der Waals surface area contributed by atoms with Crippen LogP contribution in [0.5, 0.6) is 0 Å². The van der Waals surface area contributed by atoms with Gasteiger partial charge in [-0.1, -0.05) is 0 Å². The van der Waals surface area contributed by atoms with Crippen molar-refractivity contribution in [2.24, 2.45) is 0 Å². The van der Waals surface area contributed by atoms with Gasteiger partial charge in [-0.25, -0.2) is 0 Å². The van der Waals surface area contributed by atoms with Gasteiger partial charge in [-0.2, -0.15) is 0 Å². The van der Waals surface area contributed by atoms with Crippen LogP contribution >= 0.6 is 0 Å². The molecule has 0 unspecified atom stereocenters. The van der Waals surface area contributed by atoms with E-state index in [1.165, 1.54) is 0 Å². The molecule has 4 heavy (non-hydrogen) atoms. The van der Waals surface area contributed by atoms with Crippen molar-refractivity contribution in [1.29, 1.82) is 0 Å². The molecule has 0 atom stereocenters. The van der Waals surface area contributed by atoms with Gasteiger partial charge in [-0.05, 0) is 0 Å². The molecule has 0 amide bonds. The average Bonchev–Trinajstić information content (AvgIpc) is 0.811. The first-order valence-corrected chi connectivity index (χ1v) is 1.80. The first kappa shape index (κ1) is 4.26. The molecule has 0 heterocycles. The van der Waals surface area contributed by atoms with E-state index < -0.39 is 4.02 Å². The molecule has 0 bridgehead atoms. The summed E-state index contributed by atoms with van der Waals surface area (Å²) in [6, 6.07) is 0. The summed E-state index contributed by atoms with van der Waals surface area (Å²) in [5, 5.41) is 7.42. The minimum absolute atomic E-state index is 0.823. The van der Waals surface area contributed by atoms with Gasteiger partial charge in [0.15, 0.2) is 0 Å². The van der Waals surface area contributed by atoms with Crippen molar-refractivity contribution < 1.29 is 9.90 Å². The normalized spacial score (nSPS) is 6.00. The zero-order valence-corrected chi connectivity index (χ0v) is 4.09. The second-order valence-electron chi connectivity index (χ2n) is 0.266. The summed E-state index contributed by atoms with van der Waals surface area (Å²) >= 11 is 1.02. The van der Waals surface area contributed by atoms with Crippen molar-refractivity contribution >= 4 is 26.3 Å². The Morgan fingerprint density at radius 1 is 2.00 bits per heavy atom. The second-order valence-corrected chi connectivity index (χ2v) is 1.26. The number of carboxylic acid groups (broad SMARTS) is 1. The Kier molecular flexibility index (Phi) is 1.67. The van der Waals surface area contributed by atoms with Crippen LogP contribution in [0, 0.1) is 0 Å². The molecule has 0 aromatic rings. The molecule has 0 saturated carbocycles. The molecule has 0 saturated heterocycles. The maximum atomic E-state index is 9.00. The van der Waals surface area contributed by atoms with Crippen molar-refractivity contribution in [3.8, 4) is 0 Å². The average molecular weight is 173 g/mol. The number of hydrogen-bond donors (Lipinski definition) is 1. The van der Waals surface area contributed by atoms with Crippen LogP contribution in [-0.2, 0) is 0 Å². The van der Waals surface area contributed by atoms with Crippen LogP contribution in [-0.4, -0.2) is 31.4 Å². The van der Waals surface area contributed by atoms with E-state index in [2.05, 4.69) is 0 Å². The number of rotatable bonds is 0. The van der Waals surface area contributed by atoms with E-state index in [0.717, 1.165) is 22.3 Å². The summed E-state index contributed by atoms with van der Waals surface area (Å²) in [6.45, 7) is 0. The monoisotopic (exact) mass is 175 g/mol. The van der Waals surface area contributed by atoms with E-state index in [0.29, 0.717) is 0 Å². The Morgan fingerprint density at radius 2 is 2.00 bits per heavy atom. The van der Waals surface area contributed by atoms with E-state index in [1.54, 1.807) is 0 Å². The van der Waals surface area contributed by atoms with Crippen LogP contribution in [0.3, 0.4) is 0 Å². The Bertz CT molecular complexity index is 29.0. The maximum absolute atomic E-state index is 9.00. The fourth-order valence-electron chi connectivity index (χ4n) is 0. The third-order valence-corrected chi connectivity index (χ3v) is 0. The van der Waals surface area contributed by atoms with Gasteiger partial charge in [0.1, 0.15) is 0 Å². The van der Waals surface area contributed by atoms with Crippen LogP contribution < -0.4 is 0 Å². The molecule has 0 spiro atoms. The van der Waals surface area contributed by atoms with Crippen LogP contribution in [0.1, 0.15) is 0 Å². The Labute approximate surface area is 36.7 Å². The fourth-order valence-corrected chi connectivity index (χ4v) is 0. The van der Waals surface area contributed by atoms with Crippen molar-refractivity contribution in [2.75, 3.05) is 0 Å². The molecule has 0 fully saturated rings. The summed E-state index contributed by atoms with van der Waals surface area (Å²) in [6.07, 6.45) is 0. The predicted molar refractivity (Wildman–Crippen MR) is 13.8 cm³/mol. The quantitative estimate of drug-likeness (QED) is 0.516. The molecular formula is CHO2Te. The number of carbonyl (C=O) groups is 1. The van der Waals surface area contributed by atoms with E-state index in [4.69, 9.17) is 9.90 Å². The Balaban J connectivity index is 2.80. The molecule has 3 heteroatoms. The molecule has 0 aromatic heterocycles. The SMILES string of the molecule is O=C(O)[Te]. The van der Waals surface area contributed by atoms with Gasteiger partial charge in [0.2, 0.25) is 0 Å². The standard InChI is InChI=1S/CHO2Te/c2-1(3)4/h(H,2,3). The van der Waals surface area contributed by atoms with Gasteiger partial charge in [0.05, 0.1) is 0 Å². The van der Waals surface area contributed by atoms with Gasteiger partial charge in [0, 0.05) is 0 Å². The third kappa shape index (κ3) is 53.2. The van der Waals surface area contributed by atoms with E-state index in [-0.39, 0.29) is 0 Å². The minimum atomic E-state index is -0.823. The van der Waals surface area contributed by atoms with Crippen molar-refractivity contribution in [3.05, 3.63) is 0 Å². The summed E-state index contributed by atoms with van der Waals surface area (Å²) in [7, 11) is 0. The third-order valence-electron chi connectivity index (χ3n) is 0. The summed E-state index contributed by atoms with van der Waals surface area (Å²) in [4.78, 5) is 9.00. The van der Waals surface area contributed by atoms with Crippen molar-refractivity contribution in [1.82, 2.24) is 0 Å². The molecule has 0 aromatic carbocycles. The van der Waals surface area contributed by atoms with Gasteiger partial charge in [0.25, 0.3) is 0 Å². The zero-order chi connectivity index (χ0) is 3.58. The van der Waals surface area contributed by atoms with E-state index in [9.17, 15) is 0 Å². The van der Waals surface area contributed by atoms with Crippen LogP contribution in [0.4, 0.5) is 4.79 Å². The van der Waals surface area contributed by atoms with Gasteiger partial charge < -0.3 is 0 Å². The van der Waals surface area contributed by atoms with Crippen LogP contribution in [0.15, 0.2) is 0 Å². The topological polar surface area (TPSA) is 37.3 Å². The second kappa shape index (κ2) is 1.57. The molecule has 1 radical (unpaired) electrons. The van der Waals surface area contributed by atoms with E-state index in [1.807, 2.05) is 0 Å². The zero-order valence-electron chi connectivity index (χ0n) is 1.76. The molecule has 0 rings (SSSR count). The van der Waals surface area contributed by atoms with Gasteiger partial charge in [-0.3, -0.25) is 0 Å². The van der Waals surface area contributed by atoms with Gasteiger partial charge in [-0.15, -0.1) is 0 Å². The summed E-state index contributed by atoms with van der Waals surface area (Å²) < 4.78 is -0.823. The molecule has 23 valence electrons. The summed E-state index contributed by atoms with van der Waals surface area (Å²) in [5.41, 5.74) is 0.